The fourth-order valence-corrected chi connectivity index (χ4v) is 4.10. The molecule has 1 saturated heterocycles. The Labute approximate surface area is 118 Å². The van der Waals surface area contributed by atoms with Crippen LogP contribution in [0, 0.1) is 5.92 Å². The summed E-state index contributed by atoms with van der Waals surface area (Å²) in [5.41, 5.74) is -3.96. The average molecular weight is 370 g/mol. The minimum atomic E-state index is -5.49. The Morgan fingerprint density at radius 3 is 2.05 bits per heavy atom. The molecule has 20 heavy (non-hydrogen) atoms. The molecule has 0 aromatic heterocycles. The molecule has 2 aliphatic rings. The lowest BCUT2D eigenvalue weighted by molar-refractivity contribution is -0.320. The second-order valence-electron chi connectivity index (χ2n) is 4.91. The van der Waals surface area contributed by atoms with E-state index in [4.69, 9.17) is 4.74 Å². The van der Waals surface area contributed by atoms with Crippen molar-refractivity contribution in [1.29, 1.82) is 0 Å². The first-order valence-corrected chi connectivity index (χ1v) is 6.56. The van der Waals surface area contributed by atoms with Gasteiger partial charge in [0.1, 0.15) is 6.10 Å². The van der Waals surface area contributed by atoms with Crippen LogP contribution in [-0.4, -0.2) is 40.8 Å². The molecule has 0 unspecified atom stereocenters. The second-order valence-corrected chi connectivity index (χ2v) is 5.97. The molecule has 3 nitrogen and oxygen atoms in total. The zero-order valence-corrected chi connectivity index (χ0v) is 11.6. The second kappa shape index (κ2) is 4.49. The van der Waals surface area contributed by atoms with Gasteiger partial charge in [0.25, 0.3) is 0 Å². The van der Waals surface area contributed by atoms with Gasteiger partial charge in [-0.15, -0.1) is 0 Å². The van der Waals surface area contributed by atoms with Gasteiger partial charge in [-0.05, 0) is 6.42 Å². The molecule has 0 aromatic carbocycles. The van der Waals surface area contributed by atoms with Crippen LogP contribution < -0.4 is 5.32 Å². The highest BCUT2D eigenvalue weighted by molar-refractivity contribution is 9.09. The van der Waals surface area contributed by atoms with Crippen LogP contribution in [0.3, 0.4) is 0 Å². The summed E-state index contributed by atoms with van der Waals surface area (Å²) in [5.74, 6) is -2.52. The maximum atomic E-state index is 13.0. The molecule has 0 amide bonds. The van der Waals surface area contributed by atoms with Crippen LogP contribution in [0.1, 0.15) is 13.3 Å². The van der Waals surface area contributed by atoms with E-state index in [2.05, 4.69) is 15.9 Å². The molecule has 1 aliphatic carbocycles. The van der Waals surface area contributed by atoms with E-state index in [9.17, 15) is 31.1 Å². The summed E-state index contributed by atoms with van der Waals surface area (Å²) >= 11 is 2.87. The van der Waals surface area contributed by atoms with Gasteiger partial charge in [0.15, 0.2) is 0 Å². The fraction of sp³-hybridized carbons (Fsp3) is 0.900. The van der Waals surface area contributed by atoms with Gasteiger partial charge >= 0.3 is 18.3 Å². The quantitative estimate of drug-likeness (QED) is 0.438. The third-order valence-corrected chi connectivity index (χ3v) is 4.98. The van der Waals surface area contributed by atoms with Crippen LogP contribution >= 0.6 is 15.9 Å². The molecular weight excluding hydrogens is 360 g/mol. The third kappa shape index (κ3) is 2.02. The predicted molar refractivity (Wildman–Crippen MR) is 58.1 cm³/mol. The van der Waals surface area contributed by atoms with Crippen LogP contribution in [0.4, 0.5) is 26.3 Å². The summed E-state index contributed by atoms with van der Waals surface area (Å²) in [7, 11) is 0. The Kier molecular flexibility index (Phi) is 3.56. The van der Waals surface area contributed by atoms with Crippen molar-refractivity contribution in [3.05, 3.63) is 0 Å². The minimum absolute atomic E-state index is 0.494. The molecule has 1 aliphatic heterocycles. The van der Waals surface area contributed by atoms with Gasteiger partial charge in [-0.25, -0.2) is 0 Å². The highest BCUT2D eigenvalue weighted by Gasteiger charge is 2.81. The zero-order chi connectivity index (χ0) is 15.5. The maximum absolute atomic E-state index is 13.0. The van der Waals surface area contributed by atoms with Gasteiger partial charge in [0.2, 0.25) is 5.54 Å². The van der Waals surface area contributed by atoms with Crippen LogP contribution in [0.25, 0.3) is 0 Å². The first-order valence-electron chi connectivity index (χ1n) is 5.64. The number of hydrogen-bond acceptors (Lipinski definition) is 3. The van der Waals surface area contributed by atoms with Gasteiger partial charge < -0.3 is 4.74 Å². The number of piperidine rings is 1. The molecule has 0 spiro atoms. The standard InChI is InChI=1S/C10H10BrF6NO2/c1-3(19)20-5-2-4-6(11)7(5)18-8(4,9(12,13)14)10(15,16)17/h4-7,18H,2H2,1H3/t4-,5-,6-,7-/m0/s1. The van der Waals surface area contributed by atoms with Crippen molar-refractivity contribution in [3.63, 3.8) is 0 Å². The Balaban J connectivity index is 2.37. The summed E-state index contributed by atoms with van der Waals surface area (Å²) in [4.78, 5) is 9.75. The number of ether oxygens (including phenoxy) is 1. The van der Waals surface area contributed by atoms with E-state index in [1.165, 1.54) is 0 Å². The van der Waals surface area contributed by atoms with Gasteiger partial charge in [-0.3, -0.25) is 10.1 Å². The Hall–Kier alpha value is -0.510. The van der Waals surface area contributed by atoms with E-state index in [0.29, 0.717) is 0 Å². The molecule has 2 fully saturated rings. The average Bonchev–Trinajstić information content (AvgIpc) is 2.66. The van der Waals surface area contributed by atoms with Gasteiger partial charge in [-0.2, -0.15) is 26.3 Å². The highest BCUT2D eigenvalue weighted by atomic mass is 79.9. The van der Waals surface area contributed by atoms with Crippen molar-refractivity contribution in [1.82, 2.24) is 5.32 Å². The number of carbonyl (C=O) groups is 1. The smallest absolute Gasteiger partial charge is 0.415 e. The normalized spacial score (nSPS) is 36.2. The van der Waals surface area contributed by atoms with Crippen molar-refractivity contribution in [3.8, 4) is 0 Å². The van der Waals surface area contributed by atoms with E-state index in [1.807, 2.05) is 0 Å². The lowest BCUT2D eigenvalue weighted by Crippen LogP contribution is -2.70. The number of nitrogens with one attached hydrogen (secondary N) is 1. The van der Waals surface area contributed by atoms with Crippen molar-refractivity contribution in [2.75, 3.05) is 0 Å². The monoisotopic (exact) mass is 369 g/mol. The minimum Gasteiger partial charge on any atom is -0.461 e. The van der Waals surface area contributed by atoms with Gasteiger partial charge in [0.05, 0.1) is 6.04 Å². The predicted octanol–water partition coefficient (Wildman–Crippen LogP) is 2.54. The molecule has 116 valence electrons. The lowest BCUT2D eigenvalue weighted by atomic mass is 9.82. The molecule has 1 saturated carbocycles. The van der Waals surface area contributed by atoms with E-state index in [-0.39, 0.29) is 0 Å². The van der Waals surface area contributed by atoms with Crippen molar-refractivity contribution in [2.24, 2.45) is 5.92 Å². The summed E-state index contributed by atoms with van der Waals surface area (Å²) in [6.45, 7) is 1.05. The first-order chi connectivity index (χ1) is 8.92. The molecule has 0 aromatic rings. The Morgan fingerprint density at radius 2 is 1.75 bits per heavy atom. The van der Waals surface area contributed by atoms with Crippen molar-refractivity contribution < 1.29 is 35.9 Å². The Morgan fingerprint density at radius 1 is 1.25 bits per heavy atom. The topological polar surface area (TPSA) is 38.3 Å². The number of carbonyl (C=O) groups excluding carboxylic acids is 1. The van der Waals surface area contributed by atoms with Gasteiger partial charge in [0, 0.05) is 17.7 Å². The van der Waals surface area contributed by atoms with E-state index in [1.54, 1.807) is 5.32 Å². The molecule has 2 bridgehead atoms. The molecule has 1 N–H and O–H groups in total. The summed E-state index contributed by atoms with van der Waals surface area (Å²) in [5, 5.41) is 1.61. The lowest BCUT2D eigenvalue weighted by Gasteiger charge is -2.42. The maximum Gasteiger partial charge on any atom is 0.415 e. The SMILES string of the molecule is CC(=O)O[C@H]1C[C@H]2[C@H](Br)[C@H]1NC2(C(F)(F)F)C(F)(F)F. The summed E-state index contributed by atoms with van der Waals surface area (Å²) < 4.78 is 82.9. The number of hydrogen-bond donors (Lipinski definition) is 1. The first kappa shape index (κ1) is 15.9. The van der Waals surface area contributed by atoms with Crippen LogP contribution in [0.5, 0.6) is 0 Å². The molecule has 10 heteroatoms. The van der Waals surface area contributed by atoms with Crippen molar-refractivity contribution in [2.45, 2.75) is 48.2 Å². The number of halogens is 7. The highest BCUT2D eigenvalue weighted by Crippen LogP contribution is 2.59. The zero-order valence-electron chi connectivity index (χ0n) is 9.98. The molecule has 2 rings (SSSR count). The number of alkyl halides is 7. The van der Waals surface area contributed by atoms with Gasteiger partial charge in [-0.1, -0.05) is 15.9 Å². The number of rotatable bonds is 1. The third-order valence-electron chi connectivity index (χ3n) is 3.78. The summed E-state index contributed by atoms with van der Waals surface area (Å²) in [6, 6.07) is -1.23. The van der Waals surface area contributed by atoms with Crippen LogP contribution in [0.2, 0.25) is 0 Å². The summed E-state index contributed by atoms with van der Waals surface area (Å²) in [6.07, 6.45) is -12.5. The molecule has 1 heterocycles. The number of esters is 1. The van der Waals surface area contributed by atoms with E-state index < -0.39 is 53.2 Å². The van der Waals surface area contributed by atoms with Crippen LogP contribution in [0.15, 0.2) is 0 Å². The molecule has 0 radical (unpaired) electrons. The largest absolute Gasteiger partial charge is 0.461 e. The van der Waals surface area contributed by atoms with Crippen LogP contribution in [-0.2, 0) is 9.53 Å². The van der Waals surface area contributed by atoms with Crippen molar-refractivity contribution >= 4 is 21.9 Å². The van der Waals surface area contributed by atoms with E-state index >= 15 is 0 Å². The van der Waals surface area contributed by atoms with E-state index in [0.717, 1.165) is 6.92 Å². The Bertz CT molecular complexity index is 409. The molecular formula is C10H10BrF6NO2. The number of fused-ring (bicyclic) bond motifs is 2. The fourth-order valence-electron chi connectivity index (χ4n) is 3.02. The molecule has 4 atom stereocenters.